The first-order valence-electron chi connectivity index (χ1n) is 14.9. The minimum atomic E-state index is -1.52. The molecule has 3 aromatic rings. The number of aromatic hydroxyl groups is 1. The van der Waals surface area contributed by atoms with Gasteiger partial charge < -0.3 is 30.5 Å². The Balaban J connectivity index is 1.06. The van der Waals surface area contributed by atoms with E-state index in [0.717, 1.165) is 10.5 Å². The second kappa shape index (κ2) is 13.5. The standard InChI is InChI=1S/C33H30N6O7S/c40-25-6-4-24(5-7-25)34-26(41)18-37-13-8-21(9-14-37)17-38-15-10-22(30(38)43)16-23-20-47-32-28(31(44)39(32)29(23)33(45)46)35-27(42)19-36-11-2-1-3-12-36/h1-9,11-14,16,28,32H,10,15,17-20H2,(H2-2,34,35,40,41,42,45,46)/p+1/b22-16+. The molecule has 5 heterocycles. The lowest BCUT2D eigenvalue weighted by molar-refractivity contribution is -0.684. The Hall–Kier alpha value is -5.50. The summed E-state index contributed by atoms with van der Waals surface area (Å²) >= 11 is 1.32. The number of anilines is 1. The number of aliphatic carboxylic acids is 1. The lowest BCUT2D eigenvalue weighted by Crippen LogP contribution is -2.71. The highest BCUT2D eigenvalue weighted by molar-refractivity contribution is 8.00. The van der Waals surface area contributed by atoms with Gasteiger partial charge in [-0.05, 0) is 47.9 Å². The average molecular weight is 656 g/mol. The van der Waals surface area contributed by atoms with E-state index in [1.807, 2.05) is 18.2 Å². The van der Waals surface area contributed by atoms with E-state index in [1.54, 1.807) is 69.2 Å². The van der Waals surface area contributed by atoms with E-state index in [-0.39, 0.29) is 48.0 Å². The normalized spacial score (nSPS) is 19.8. The predicted molar refractivity (Wildman–Crippen MR) is 165 cm³/mol. The van der Waals surface area contributed by atoms with Crippen molar-refractivity contribution in [2.45, 2.75) is 37.5 Å². The fraction of sp³-hybridized carbons (Fsp3) is 0.242. The van der Waals surface area contributed by atoms with Crippen molar-refractivity contribution >= 4 is 47.0 Å². The number of likely N-dealkylation sites (tertiary alicyclic amines) is 1. The number of phenols is 1. The molecule has 4 amide bonds. The minimum Gasteiger partial charge on any atom is -0.543 e. The average Bonchev–Trinajstić information content (AvgIpc) is 3.39. The second-order valence-electron chi connectivity index (χ2n) is 11.3. The van der Waals surface area contributed by atoms with Gasteiger partial charge in [-0.15, -0.1) is 11.8 Å². The molecule has 2 fully saturated rings. The highest BCUT2D eigenvalue weighted by atomic mass is 32.2. The van der Waals surface area contributed by atoms with Gasteiger partial charge in [0.1, 0.15) is 17.2 Å². The summed E-state index contributed by atoms with van der Waals surface area (Å²) in [5.74, 6) is -2.56. The fourth-order valence-corrected chi connectivity index (χ4v) is 6.97. The number of carbonyl (C=O) groups is 5. The van der Waals surface area contributed by atoms with Crippen molar-refractivity contribution in [2.24, 2.45) is 0 Å². The number of pyridine rings is 2. The van der Waals surface area contributed by atoms with Crippen molar-refractivity contribution in [1.29, 1.82) is 0 Å². The molecule has 14 heteroatoms. The molecule has 2 atom stereocenters. The van der Waals surface area contributed by atoms with Crippen LogP contribution in [0.25, 0.3) is 0 Å². The summed E-state index contributed by atoms with van der Waals surface area (Å²) in [7, 11) is 0. The number of allylic oxidation sites excluding steroid dienone is 1. The van der Waals surface area contributed by atoms with Gasteiger partial charge in [0.15, 0.2) is 24.8 Å². The maximum absolute atomic E-state index is 13.3. The maximum Gasteiger partial charge on any atom is 0.290 e. The molecule has 0 bridgehead atoms. The number of carboxylic acids is 1. The van der Waals surface area contributed by atoms with Gasteiger partial charge >= 0.3 is 0 Å². The van der Waals surface area contributed by atoms with Crippen molar-refractivity contribution in [3.05, 3.63) is 108 Å². The molecule has 1 aromatic carbocycles. The molecule has 0 spiro atoms. The molecule has 0 radical (unpaired) electrons. The molecule has 3 aliphatic heterocycles. The monoisotopic (exact) mass is 655 g/mol. The van der Waals surface area contributed by atoms with E-state index >= 15 is 0 Å². The lowest BCUT2D eigenvalue weighted by Gasteiger charge is -2.50. The molecule has 6 rings (SSSR count). The van der Waals surface area contributed by atoms with Crippen LogP contribution >= 0.6 is 11.8 Å². The third-order valence-corrected chi connectivity index (χ3v) is 9.29. The van der Waals surface area contributed by atoms with Crippen LogP contribution in [0.15, 0.2) is 102 Å². The molecule has 47 heavy (non-hydrogen) atoms. The van der Waals surface area contributed by atoms with Gasteiger partial charge in [-0.2, -0.15) is 9.13 Å². The number of hydrogen-bond acceptors (Lipinski definition) is 8. The number of benzene rings is 1. The van der Waals surface area contributed by atoms with Crippen LogP contribution in [-0.2, 0) is 43.6 Å². The second-order valence-corrected chi connectivity index (χ2v) is 12.4. The molecular formula is C33H31N6O7S+. The molecule has 3 aliphatic rings. The molecule has 2 aromatic heterocycles. The number of hydrogen-bond donors (Lipinski definition) is 3. The fourth-order valence-electron chi connectivity index (χ4n) is 5.66. The number of carboxylic acid groups (broad SMARTS) is 1. The number of thioether (sulfide) groups is 1. The van der Waals surface area contributed by atoms with Crippen LogP contribution in [0.2, 0.25) is 0 Å². The minimum absolute atomic E-state index is 0.0172. The Kier molecular flexibility index (Phi) is 9.02. The number of nitrogens with zero attached hydrogens (tertiary/aromatic N) is 4. The zero-order valence-electron chi connectivity index (χ0n) is 25.1. The zero-order valence-corrected chi connectivity index (χ0v) is 25.9. The van der Waals surface area contributed by atoms with Crippen molar-refractivity contribution in [2.75, 3.05) is 17.6 Å². The number of phenolic OH excluding ortho intramolecular Hbond substituents is 1. The number of carbonyl (C=O) groups excluding carboxylic acids is 5. The van der Waals surface area contributed by atoms with Crippen molar-refractivity contribution in [3.63, 3.8) is 0 Å². The SMILES string of the molecule is O=C(C[n+]1ccc(CN2CC/C(=C\C3=C(C(=O)[O-])N4C(=O)C(NC(=O)C[n+]5ccccc5)C4SC3)C2=O)cc1)Nc1ccc(O)cc1. The summed E-state index contributed by atoms with van der Waals surface area (Å²) in [6.07, 6.45) is 8.91. The molecule has 3 N–H and O–H groups in total. The summed E-state index contributed by atoms with van der Waals surface area (Å²) in [6.45, 7) is 0.857. The Morgan fingerprint density at radius 2 is 1.64 bits per heavy atom. The first-order valence-corrected chi connectivity index (χ1v) is 15.9. The van der Waals surface area contributed by atoms with Crippen LogP contribution in [0.5, 0.6) is 5.75 Å². The summed E-state index contributed by atoms with van der Waals surface area (Å²) in [4.78, 5) is 66.2. The van der Waals surface area contributed by atoms with E-state index in [0.29, 0.717) is 36.3 Å². The largest absolute Gasteiger partial charge is 0.543 e. The smallest absolute Gasteiger partial charge is 0.290 e. The van der Waals surface area contributed by atoms with E-state index in [4.69, 9.17) is 0 Å². The highest BCUT2D eigenvalue weighted by Crippen LogP contribution is 2.41. The first-order chi connectivity index (χ1) is 22.7. The van der Waals surface area contributed by atoms with E-state index in [1.165, 1.54) is 23.9 Å². The summed E-state index contributed by atoms with van der Waals surface area (Å²) in [5.41, 5.74) is 1.90. The molecule has 0 saturated carbocycles. The Bertz CT molecular complexity index is 1790. The van der Waals surface area contributed by atoms with Crippen LogP contribution < -0.4 is 24.9 Å². The number of β-lactam (4-membered cyclic amide) rings is 1. The van der Waals surface area contributed by atoms with Crippen LogP contribution in [0.3, 0.4) is 0 Å². The number of nitrogens with one attached hydrogen (secondary N) is 2. The Morgan fingerprint density at radius 3 is 2.34 bits per heavy atom. The van der Waals surface area contributed by atoms with Gasteiger partial charge in [0, 0.05) is 54.4 Å². The molecule has 2 saturated heterocycles. The van der Waals surface area contributed by atoms with E-state index in [9.17, 15) is 34.2 Å². The van der Waals surface area contributed by atoms with E-state index < -0.39 is 23.3 Å². The maximum atomic E-state index is 13.3. The summed E-state index contributed by atoms with van der Waals surface area (Å²) < 4.78 is 3.37. The van der Waals surface area contributed by atoms with Crippen LogP contribution in [0.4, 0.5) is 5.69 Å². The van der Waals surface area contributed by atoms with Gasteiger partial charge in [-0.25, -0.2) is 0 Å². The highest BCUT2D eigenvalue weighted by Gasteiger charge is 2.53. The van der Waals surface area contributed by atoms with Gasteiger partial charge in [0.2, 0.25) is 19.0 Å². The first kappa shape index (κ1) is 31.5. The zero-order chi connectivity index (χ0) is 33.1. The molecule has 2 unspecified atom stereocenters. The van der Waals surface area contributed by atoms with Gasteiger partial charge in [0.05, 0.1) is 11.7 Å². The molecule has 240 valence electrons. The quantitative estimate of drug-likeness (QED) is 0.112. The van der Waals surface area contributed by atoms with Crippen molar-refractivity contribution < 1.29 is 43.3 Å². The van der Waals surface area contributed by atoms with Gasteiger partial charge in [0.25, 0.3) is 17.7 Å². The third kappa shape index (κ3) is 7.02. The molecule has 13 nitrogen and oxygen atoms in total. The molecule has 0 aliphatic carbocycles. The lowest BCUT2D eigenvalue weighted by atomic mass is 10.0. The van der Waals surface area contributed by atoms with Crippen LogP contribution in [0.1, 0.15) is 12.0 Å². The van der Waals surface area contributed by atoms with Gasteiger partial charge in [-0.1, -0.05) is 6.07 Å². The topological polar surface area (TPSA) is 167 Å². The number of aromatic nitrogens is 2. The summed E-state index contributed by atoms with van der Waals surface area (Å²) in [5, 5.41) is 26.5. The van der Waals surface area contributed by atoms with Crippen molar-refractivity contribution in [3.8, 4) is 5.75 Å². The van der Waals surface area contributed by atoms with Gasteiger partial charge in [-0.3, -0.25) is 24.1 Å². The Labute approximate surface area is 273 Å². The number of fused-ring (bicyclic) bond motifs is 1. The van der Waals surface area contributed by atoms with E-state index in [2.05, 4.69) is 10.6 Å². The number of rotatable bonds is 10. The van der Waals surface area contributed by atoms with Crippen molar-refractivity contribution in [1.82, 2.24) is 15.1 Å². The van der Waals surface area contributed by atoms with Crippen LogP contribution in [-0.4, -0.2) is 68.2 Å². The number of amides is 4. The summed E-state index contributed by atoms with van der Waals surface area (Å²) in [6, 6.07) is 14.3. The van der Waals surface area contributed by atoms with Crippen LogP contribution in [0, 0.1) is 0 Å². The Morgan fingerprint density at radius 1 is 0.957 bits per heavy atom. The third-order valence-electron chi connectivity index (χ3n) is 7.98. The molecular weight excluding hydrogens is 624 g/mol. The predicted octanol–water partition coefficient (Wildman–Crippen LogP) is -0.631.